The summed E-state index contributed by atoms with van der Waals surface area (Å²) in [5.41, 5.74) is 3.95. The summed E-state index contributed by atoms with van der Waals surface area (Å²) >= 11 is 6.01. The fraction of sp³-hybridized carbons (Fsp3) is 0.0870. The molecule has 3 N–H and O–H groups in total. The number of carbonyl (C=O) groups is 1. The lowest BCUT2D eigenvalue weighted by Crippen LogP contribution is -2.43. The van der Waals surface area contributed by atoms with Gasteiger partial charge in [-0.25, -0.2) is 12.7 Å². The Hall–Kier alpha value is -3.57. The maximum absolute atomic E-state index is 13.9. The summed E-state index contributed by atoms with van der Waals surface area (Å²) in [4.78, 5) is 12.8. The van der Waals surface area contributed by atoms with E-state index < -0.39 is 15.9 Å². The Morgan fingerprint density at radius 1 is 0.971 bits per heavy atom. The van der Waals surface area contributed by atoms with Gasteiger partial charge < -0.3 is 9.47 Å². The Kier molecular flexibility index (Phi) is 8.13. The van der Waals surface area contributed by atoms with E-state index in [1.54, 1.807) is 35.9 Å². The summed E-state index contributed by atoms with van der Waals surface area (Å²) in [5.74, 6) is -0.387. The van der Waals surface area contributed by atoms with Gasteiger partial charge >= 0.3 is 0 Å². The molecule has 0 spiro atoms. The van der Waals surface area contributed by atoms with Gasteiger partial charge in [0.05, 0.1) is 24.8 Å². The van der Waals surface area contributed by atoms with Crippen molar-refractivity contribution in [2.24, 2.45) is 0 Å². The van der Waals surface area contributed by atoms with Gasteiger partial charge in [-0.3, -0.25) is 15.4 Å². The van der Waals surface area contributed by atoms with Crippen molar-refractivity contribution in [1.29, 1.82) is 0 Å². The molecule has 0 bridgehead atoms. The van der Waals surface area contributed by atoms with Crippen molar-refractivity contribution in [2.45, 2.75) is 4.90 Å². The van der Waals surface area contributed by atoms with Gasteiger partial charge in [-0.1, -0.05) is 41.9 Å². The molecule has 0 fully saturated rings. The normalized spacial score (nSPS) is 11.6. The van der Waals surface area contributed by atoms with Crippen LogP contribution >= 0.6 is 11.6 Å². The standard InChI is InChI=1S/C23H22ClN3O6S/c1-32-21-13-12-19(15-22(21)33-2)34(30,31)27(18-10-8-17(24)9-11-18)20(23(28)25-26-29)14-16-6-4-3-5-7-16/h3-15,26,29H,1-2H3,(H,25,28). The molecule has 0 unspecified atom stereocenters. The summed E-state index contributed by atoms with van der Waals surface area (Å²) in [5, 5.41) is 9.44. The lowest BCUT2D eigenvalue weighted by Gasteiger charge is -2.26. The summed E-state index contributed by atoms with van der Waals surface area (Å²) in [6.45, 7) is 0. The zero-order valence-electron chi connectivity index (χ0n) is 18.2. The second-order valence-electron chi connectivity index (χ2n) is 6.77. The molecule has 11 heteroatoms. The SMILES string of the molecule is COc1ccc(S(=O)(=O)N(C(=Cc2ccccc2)C(=O)NNO)c2ccc(Cl)cc2)cc1OC. The van der Waals surface area contributed by atoms with Crippen LogP contribution in [0.1, 0.15) is 5.56 Å². The van der Waals surface area contributed by atoms with Crippen molar-refractivity contribution in [3.63, 3.8) is 0 Å². The molecule has 0 heterocycles. The van der Waals surface area contributed by atoms with Crippen molar-refractivity contribution in [2.75, 3.05) is 18.5 Å². The largest absolute Gasteiger partial charge is 0.493 e. The van der Waals surface area contributed by atoms with Crippen molar-refractivity contribution < 1.29 is 27.9 Å². The summed E-state index contributed by atoms with van der Waals surface area (Å²) in [7, 11) is -1.58. The molecule has 0 radical (unpaired) electrons. The highest BCUT2D eigenvalue weighted by Crippen LogP contribution is 2.34. The number of hydrogen-bond acceptors (Lipinski definition) is 7. The molecule has 0 aliphatic rings. The van der Waals surface area contributed by atoms with E-state index >= 15 is 0 Å². The first-order chi connectivity index (χ1) is 16.3. The van der Waals surface area contributed by atoms with E-state index in [0.29, 0.717) is 16.3 Å². The molecule has 3 rings (SSSR count). The molecule has 0 saturated carbocycles. The molecule has 3 aromatic rings. The van der Waals surface area contributed by atoms with E-state index in [9.17, 15) is 13.2 Å². The van der Waals surface area contributed by atoms with Crippen LogP contribution in [0.5, 0.6) is 11.5 Å². The van der Waals surface area contributed by atoms with Crippen LogP contribution in [0.15, 0.2) is 83.4 Å². The van der Waals surface area contributed by atoms with Gasteiger partial charge in [0.2, 0.25) is 0 Å². The third-order valence-corrected chi connectivity index (χ3v) is 6.67. The maximum atomic E-state index is 13.9. The number of carbonyl (C=O) groups excluding carboxylic acids is 1. The molecule has 34 heavy (non-hydrogen) atoms. The Morgan fingerprint density at radius 2 is 1.62 bits per heavy atom. The van der Waals surface area contributed by atoms with Crippen LogP contribution in [-0.2, 0) is 14.8 Å². The Morgan fingerprint density at radius 3 is 2.21 bits per heavy atom. The smallest absolute Gasteiger partial charge is 0.284 e. The first kappa shape index (κ1) is 25.1. The number of halogens is 1. The zero-order chi connectivity index (χ0) is 24.7. The minimum atomic E-state index is -4.39. The topological polar surface area (TPSA) is 117 Å². The fourth-order valence-electron chi connectivity index (χ4n) is 3.10. The summed E-state index contributed by atoms with van der Waals surface area (Å²) in [6, 6.07) is 18.6. The highest BCUT2D eigenvalue weighted by molar-refractivity contribution is 7.93. The maximum Gasteiger partial charge on any atom is 0.284 e. The quantitative estimate of drug-likeness (QED) is 0.301. The predicted octanol–water partition coefficient (Wildman–Crippen LogP) is 3.60. The van der Waals surface area contributed by atoms with Crippen LogP contribution in [0.2, 0.25) is 5.02 Å². The number of anilines is 1. The minimum absolute atomic E-state index is 0.134. The molecular formula is C23H22ClN3O6S. The first-order valence-electron chi connectivity index (χ1n) is 9.81. The number of ether oxygens (including phenoxy) is 2. The van der Waals surface area contributed by atoms with Gasteiger partial charge in [-0.15, -0.1) is 5.59 Å². The van der Waals surface area contributed by atoms with Gasteiger partial charge in [0.1, 0.15) is 5.70 Å². The van der Waals surface area contributed by atoms with Crippen molar-refractivity contribution in [3.8, 4) is 11.5 Å². The third kappa shape index (κ3) is 5.49. The van der Waals surface area contributed by atoms with E-state index in [4.69, 9.17) is 26.3 Å². The Balaban J connectivity index is 2.28. The number of methoxy groups -OCH3 is 2. The van der Waals surface area contributed by atoms with E-state index in [-0.39, 0.29) is 22.0 Å². The molecule has 178 valence electrons. The first-order valence-corrected chi connectivity index (χ1v) is 11.6. The van der Waals surface area contributed by atoms with Crippen molar-refractivity contribution in [1.82, 2.24) is 11.0 Å². The Labute approximate surface area is 202 Å². The summed E-state index contributed by atoms with van der Waals surface area (Å²) in [6.07, 6.45) is 1.37. The lowest BCUT2D eigenvalue weighted by molar-refractivity contribution is -0.121. The van der Waals surface area contributed by atoms with Crippen LogP contribution in [-0.4, -0.2) is 33.8 Å². The van der Waals surface area contributed by atoms with Crippen LogP contribution < -0.4 is 24.8 Å². The van der Waals surface area contributed by atoms with Gasteiger partial charge in [0, 0.05) is 11.1 Å². The molecule has 0 saturated heterocycles. The Bertz CT molecular complexity index is 1280. The monoisotopic (exact) mass is 503 g/mol. The zero-order valence-corrected chi connectivity index (χ0v) is 19.8. The van der Waals surface area contributed by atoms with Gasteiger partial charge in [0.15, 0.2) is 11.5 Å². The molecule has 0 aliphatic heterocycles. The molecule has 0 atom stereocenters. The van der Waals surface area contributed by atoms with Gasteiger partial charge in [-0.05, 0) is 48.0 Å². The van der Waals surface area contributed by atoms with Crippen molar-refractivity contribution in [3.05, 3.63) is 89.1 Å². The van der Waals surface area contributed by atoms with Crippen LogP contribution in [0.3, 0.4) is 0 Å². The number of hydrogen-bond donors (Lipinski definition) is 3. The molecular weight excluding hydrogens is 482 g/mol. The van der Waals surface area contributed by atoms with E-state index in [1.807, 2.05) is 5.43 Å². The second kappa shape index (κ2) is 11.0. The molecule has 0 aliphatic carbocycles. The number of amides is 1. The number of nitrogens with zero attached hydrogens (tertiary/aromatic N) is 1. The highest BCUT2D eigenvalue weighted by Gasteiger charge is 2.33. The number of benzene rings is 3. The average Bonchev–Trinajstić information content (AvgIpc) is 2.85. The van der Waals surface area contributed by atoms with E-state index in [1.165, 1.54) is 62.8 Å². The average molecular weight is 504 g/mol. The number of nitrogens with one attached hydrogen (secondary N) is 2. The van der Waals surface area contributed by atoms with Gasteiger partial charge in [-0.2, -0.15) is 0 Å². The number of sulfonamides is 1. The predicted molar refractivity (Wildman–Crippen MR) is 128 cm³/mol. The molecule has 1 amide bonds. The molecule has 3 aromatic carbocycles. The second-order valence-corrected chi connectivity index (χ2v) is 8.99. The van der Waals surface area contributed by atoms with Crippen LogP contribution in [0.4, 0.5) is 5.69 Å². The van der Waals surface area contributed by atoms with E-state index in [0.717, 1.165) is 4.31 Å². The molecule has 0 aromatic heterocycles. The van der Waals surface area contributed by atoms with Gasteiger partial charge in [0.25, 0.3) is 15.9 Å². The minimum Gasteiger partial charge on any atom is -0.493 e. The van der Waals surface area contributed by atoms with E-state index in [2.05, 4.69) is 0 Å². The fourth-order valence-corrected chi connectivity index (χ4v) is 4.73. The third-order valence-electron chi connectivity index (χ3n) is 4.68. The lowest BCUT2D eigenvalue weighted by atomic mass is 10.2. The number of rotatable bonds is 9. The molecule has 9 nitrogen and oxygen atoms in total. The number of hydrazine groups is 1. The summed E-state index contributed by atoms with van der Waals surface area (Å²) < 4.78 is 39.1. The van der Waals surface area contributed by atoms with Crippen molar-refractivity contribution >= 4 is 39.3 Å². The van der Waals surface area contributed by atoms with Crippen LogP contribution in [0, 0.1) is 0 Å². The van der Waals surface area contributed by atoms with Crippen LogP contribution in [0.25, 0.3) is 6.08 Å². The highest BCUT2D eigenvalue weighted by atomic mass is 35.5.